The Balaban J connectivity index is 2.34. The van der Waals surface area contributed by atoms with Crippen LogP contribution in [0.25, 0.3) is 0 Å². The van der Waals surface area contributed by atoms with Crippen molar-refractivity contribution in [1.29, 1.82) is 0 Å². The van der Waals surface area contributed by atoms with E-state index >= 15 is 0 Å². The van der Waals surface area contributed by atoms with Crippen LogP contribution in [0, 0.1) is 13.8 Å². The minimum atomic E-state index is 0.561. The Labute approximate surface area is 103 Å². The maximum atomic E-state index is 5.80. The number of hydrogen-bond acceptors (Lipinski definition) is 3. The second kappa shape index (κ2) is 4.25. The Morgan fingerprint density at radius 1 is 1.44 bits per heavy atom. The van der Waals surface area contributed by atoms with Crippen LogP contribution in [0.4, 0.5) is 5.82 Å². The lowest BCUT2D eigenvalue weighted by atomic mass is 10.2. The molecule has 0 saturated carbocycles. The van der Waals surface area contributed by atoms with E-state index in [-0.39, 0.29) is 0 Å². The number of halogens is 1. The van der Waals surface area contributed by atoms with E-state index in [2.05, 4.69) is 26.0 Å². The van der Waals surface area contributed by atoms with Crippen LogP contribution in [0.15, 0.2) is 22.8 Å². The zero-order chi connectivity index (χ0) is 11.7. The van der Waals surface area contributed by atoms with Gasteiger partial charge in [-0.25, -0.2) is 4.98 Å². The van der Waals surface area contributed by atoms with Crippen LogP contribution >= 0.6 is 15.9 Å². The first-order chi connectivity index (χ1) is 7.59. The summed E-state index contributed by atoms with van der Waals surface area (Å²) in [4.78, 5) is 4.06. The molecule has 0 amide bonds. The molecule has 0 aromatic carbocycles. The number of aromatic nitrogens is 3. The molecule has 0 radical (unpaired) electrons. The van der Waals surface area contributed by atoms with E-state index in [1.807, 2.05) is 30.7 Å². The molecule has 2 N–H and O–H groups in total. The van der Waals surface area contributed by atoms with Crippen molar-refractivity contribution in [1.82, 2.24) is 14.8 Å². The minimum Gasteiger partial charge on any atom is -0.383 e. The average Bonchev–Trinajstić information content (AvgIpc) is 2.50. The zero-order valence-electron chi connectivity index (χ0n) is 9.24. The summed E-state index contributed by atoms with van der Waals surface area (Å²) in [5.74, 6) is 0.561. The summed E-state index contributed by atoms with van der Waals surface area (Å²) in [7, 11) is 0. The molecule has 84 valence electrons. The topological polar surface area (TPSA) is 56.7 Å². The largest absolute Gasteiger partial charge is 0.383 e. The molecule has 4 nitrogen and oxygen atoms in total. The molecule has 0 bridgehead atoms. The number of nitrogen functional groups attached to an aromatic ring is 1. The second-order valence-corrected chi connectivity index (χ2v) is 4.48. The highest BCUT2D eigenvalue weighted by Gasteiger charge is 2.09. The van der Waals surface area contributed by atoms with Crippen molar-refractivity contribution in [3.63, 3.8) is 0 Å². The standard InChI is InChI=1S/C11H13BrN4/c1-7-10(12)8(2)16(15-7)6-9-4-3-5-14-11(9)13/h3-5H,6H2,1-2H3,(H2,13,14). The Hall–Kier alpha value is -1.36. The Kier molecular flexibility index (Phi) is 2.96. The normalized spacial score (nSPS) is 10.7. The predicted molar refractivity (Wildman–Crippen MR) is 67.2 cm³/mol. The Bertz CT molecular complexity index is 519. The summed E-state index contributed by atoms with van der Waals surface area (Å²) in [5, 5.41) is 4.43. The molecule has 0 aliphatic heterocycles. The predicted octanol–water partition coefficient (Wildman–Crippen LogP) is 2.29. The van der Waals surface area contributed by atoms with Gasteiger partial charge in [0.25, 0.3) is 0 Å². The molecular formula is C11H13BrN4. The maximum Gasteiger partial charge on any atom is 0.128 e. The number of anilines is 1. The maximum absolute atomic E-state index is 5.80. The molecule has 0 fully saturated rings. The number of nitrogens with two attached hydrogens (primary N) is 1. The Morgan fingerprint density at radius 3 is 2.75 bits per heavy atom. The summed E-state index contributed by atoms with van der Waals surface area (Å²) < 4.78 is 2.97. The highest BCUT2D eigenvalue weighted by atomic mass is 79.9. The van der Waals surface area contributed by atoms with Gasteiger partial charge >= 0.3 is 0 Å². The van der Waals surface area contributed by atoms with E-state index in [4.69, 9.17) is 5.73 Å². The van der Waals surface area contributed by atoms with Gasteiger partial charge in [-0.05, 0) is 35.8 Å². The fourth-order valence-corrected chi connectivity index (χ4v) is 1.86. The van der Waals surface area contributed by atoms with Crippen LogP contribution in [0.1, 0.15) is 17.0 Å². The van der Waals surface area contributed by atoms with Gasteiger partial charge in [0.05, 0.1) is 22.4 Å². The molecule has 16 heavy (non-hydrogen) atoms. The van der Waals surface area contributed by atoms with Crippen molar-refractivity contribution in [3.05, 3.63) is 39.8 Å². The van der Waals surface area contributed by atoms with Crippen molar-refractivity contribution in [2.24, 2.45) is 0 Å². The van der Waals surface area contributed by atoms with E-state index in [0.717, 1.165) is 21.4 Å². The van der Waals surface area contributed by atoms with Gasteiger partial charge in [0.2, 0.25) is 0 Å². The molecular weight excluding hydrogens is 268 g/mol. The molecule has 0 saturated heterocycles. The van der Waals surface area contributed by atoms with Crippen LogP contribution in [0.2, 0.25) is 0 Å². The van der Waals surface area contributed by atoms with Gasteiger partial charge in [-0.15, -0.1) is 0 Å². The van der Waals surface area contributed by atoms with E-state index < -0.39 is 0 Å². The number of pyridine rings is 1. The van der Waals surface area contributed by atoms with Crippen LogP contribution in [-0.4, -0.2) is 14.8 Å². The van der Waals surface area contributed by atoms with Gasteiger partial charge < -0.3 is 5.73 Å². The van der Waals surface area contributed by atoms with Crippen LogP contribution in [0.3, 0.4) is 0 Å². The molecule has 2 heterocycles. The van der Waals surface area contributed by atoms with Crippen LogP contribution in [-0.2, 0) is 6.54 Å². The summed E-state index contributed by atoms with van der Waals surface area (Å²) in [5.41, 5.74) is 8.87. The highest BCUT2D eigenvalue weighted by molar-refractivity contribution is 9.10. The lowest BCUT2D eigenvalue weighted by molar-refractivity contribution is 0.658. The highest BCUT2D eigenvalue weighted by Crippen LogP contribution is 2.21. The molecule has 2 aromatic rings. The van der Waals surface area contributed by atoms with Gasteiger partial charge in [0, 0.05) is 11.8 Å². The van der Waals surface area contributed by atoms with Crippen molar-refractivity contribution in [2.75, 3.05) is 5.73 Å². The summed E-state index contributed by atoms with van der Waals surface area (Å²) in [6, 6.07) is 3.85. The molecule has 0 aliphatic rings. The third-order valence-corrected chi connectivity index (χ3v) is 3.69. The van der Waals surface area contributed by atoms with Gasteiger partial charge in [-0.2, -0.15) is 5.10 Å². The Morgan fingerprint density at radius 2 is 2.19 bits per heavy atom. The zero-order valence-corrected chi connectivity index (χ0v) is 10.8. The third kappa shape index (κ3) is 1.95. The number of nitrogens with zero attached hydrogens (tertiary/aromatic N) is 3. The summed E-state index contributed by atoms with van der Waals surface area (Å²) in [6.07, 6.45) is 1.69. The number of rotatable bonds is 2. The molecule has 5 heteroatoms. The van der Waals surface area contributed by atoms with Gasteiger partial charge in [0.15, 0.2) is 0 Å². The summed E-state index contributed by atoms with van der Waals surface area (Å²) >= 11 is 3.50. The first-order valence-corrected chi connectivity index (χ1v) is 5.77. The third-order valence-electron chi connectivity index (χ3n) is 2.54. The molecule has 2 rings (SSSR count). The molecule has 2 aromatic heterocycles. The molecule has 0 spiro atoms. The second-order valence-electron chi connectivity index (χ2n) is 3.69. The van der Waals surface area contributed by atoms with E-state index in [9.17, 15) is 0 Å². The van der Waals surface area contributed by atoms with E-state index in [1.165, 1.54) is 0 Å². The minimum absolute atomic E-state index is 0.561. The molecule has 0 aliphatic carbocycles. The quantitative estimate of drug-likeness (QED) is 0.918. The van der Waals surface area contributed by atoms with Gasteiger partial charge in [-0.1, -0.05) is 6.07 Å². The molecule has 0 unspecified atom stereocenters. The first kappa shape index (κ1) is 11.1. The number of hydrogen-bond donors (Lipinski definition) is 1. The number of aryl methyl sites for hydroxylation is 1. The average molecular weight is 281 g/mol. The van der Waals surface area contributed by atoms with Crippen molar-refractivity contribution >= 4 is 21.7 Å². The van der Waals surface area contributed by atoms with Gasteiger partial charge in [0.1, 0.15) is 5.82 Å². The monoisotopic (exact) mass is 280 g/mol. The van der Waals surface area contributed by atoms with Gasteiger partial charge in [-0.3, -0.25) is 4.68 Å². The van der Waals surface area contributed by atoms with Crippen molar-refractivity contribution in [3.8, 4) is 0 Å². The van der Waals surface area contributed by atoms with Crippen LogP contribution < -0.4 is 5.73 Å². The fraction of sp³-hybridized carbons (Fsp3) is 0.273. The van der Waals surface area contributed by atoms with Crippen molar-refractivity contribution in [2.45, 2.75) is 20.4 Å². The summed E-state index contributed by atoms with van der Waals surface area (Å²) in [6.45, 7) is 4.65. The van der Waals surface area contributed by atoms with E-state index in [1.54, 1.807) is 6.20 Å². The SMILES string of the molecule is Cc1nn(Cc2cccnc2N)c(C)c1Br. The fourth-order valence-electron chi connectivity index (χ4n) is 1.57. The smallest absolute Gasteiger partial charge is 0.128 e. The van der Waals surface area contributed by atoms with E-state index in [0.29, 0.717) is 12.4 Å². The lowest BCUT2D eigenvalue weighted by Gasteiger charge is -2.06. The lowest BCUT2D eigenvalue weighted by Crippen LogP contribution is -2.07. The van der Waals surface area contributed by atoms with Crippen LogP contribution in [0.5, 0.6) is 0 Å². The van der Waals surface area contributed by atoms with Crippen molar-refractivity contribution < 1.29 is 0 Å². The first-order valence-electron chi connectivity index (χ1n) is 4.98. The molecule has 0 atom stereocenters.